The third-order valence-corrected chi connectivity index (χ3v) is 3.86. The lowest BCUT2D eigenvalue weighted by Crippen LogP contribution is -2.22. The Labute approximate surface area is 97.2 Å². The van der Waals surface area contributed by atoms with Gasteiger partial charge in [0, 0.05) is 22.3 Å². The van der Waals surface area contributed by atoms with Crippen LogP contribution in [0.4, 0.5) is 0 Å². The lowest BCUT2D eigenvalue weighted by molar-refractivity contribution is 0.604. The van der Waals surface area contributed by atoms with Gasteiger partial charge in [-0.05, 0) is 24.5 Å². The molecule has 84 valence electrons. The summed E-state index contributed by atoms with van der Waals surface area (Å²) in [6.45, 7) is 13.6. The highest BCUT2D eigenvalue weighted by Crippen LogP contribution is 2.29. The molecule has 0 aliphatic carbocycles. The largest absolute Gasteiger partial charge is 0.306 e. The van der Waals surface area contributed by atoms with Gasteiger partial charge in [0.25, 0.3) is 0 Å². The Morgan fingerprint density at radius 1 is 1.47 bits per heavy atom. The molecule has 0 aliphatic rings. The van der Waals surface area contributed by atoms with Gasteiger partial charge in [-0.2, -0.15) is 0 Å². The molecule has 0 fully saturated rings. The average molecular weight is 223 g/mol. The molecule has 1 N–H and O–H groups in total. The molecule has 1 aromatic rings. The van der Waals surface area contributed by atoms with Crippen molar-refractivity contribution in [2.24, 2.45) is 0 Å². The van der Waals surface area contributed by atoms with Crippen molar-refractivity contribution >= 4 is 11.3 Å². The second-order valence-corrected chi connectivity index (χ2v) is 6.09. The first-order valence-electron chi connectivity index (χ1n) is 5.38. The van der Waals surface area contributed by atoms with E-state index in [9.17, 15) is 0 Å². The van der Waals surface area contributed by atoms with E-state index >= 15 is 0 Å². The monoisotopic (exact) mass is 223 g/mol. The van der Waals surface area contributed by atoms with Crippen molar-refractivity contribution < 1.29 is 0 Å². The first-order chi connectivity index (χ1) is 6.93. The van der Waals surface area contributed by atoms with Crippen LogP contribution in [0.1, 0.15) is 37.4 Å². The van der Waals surface area contributed by atoms with Gasteiger partial charge in [0.1, 0.15) is 0 Å². The molecule has 1 heterocycles. The van der Waals surface area contributed by atoms with Crippen LogP contribution >= 0.6 is 11.3 Å². The number of thiophene rings is 1. The van der Waals surface area contributed by atoms with Gasteiger partial charge in [-0.3, -0.25) is 0 Å². The van der Waals surface area contributed by atoms with E-state index in [4.69, 9.17) is 0 Å². The van der Waals surface area contributed by atoms with Gasteiger partial charge in [-0.15, -0.1) is 17.9 Å². The van der Waals surface area contributed by atoms with E-state index in [0.717, 1.165) is 6.54 Å². The maximum Gasteiger partial charge on any atom is 0.0305 e. The van der Waals surface area contributed by atoms with E-state index in [-0.39, 0.29) is 5.41 Å². The molecule has 0 aromatic carbocycles. The summed E-state index contributed by atoms with van der Waals surface area (Å²) in [5, 5.41) is 3.41. The molecular weight excluding hydrogens is 202 g/mol. The third-order valence-electron chi connectivity index (χ3n) is 2.35. The normalized spacial score (nSPS) is 13.9. The van der Waals surface area contributed by atoms with Crippen LogP contribution in [0.3, 0.4) is 0 Å². The van der Waals surface area contributed by atoms with E-state index in [1.54, 1.807) is 0 Å². The average Bonchev–Trinajstić information content (AvgIpc) is 2.61. The van der Waals surface area contributed by atoms with E-state index in [0.29, 0.717) is 6.04 Å². The van der Waals surface area contributed by atoms with Crippen LogP contribution in [-0.4, -0.2) is 6.04 Å². The summed E-state index contributed by atoms with van der Waals surface area (Å²) in [7, 11) is 0. The van der Waals surface area contributed by atoms with Crippen molar-refractivity contribution in [3.8, 4) is 0 Å². The molecule has 0 spiro atoms. The lowest BCUT2D eigenvalue weighted by atomic mass is 9.95. The predicted molar refractivity (Wildman–Crippen MR) is 69.5 cm³/mol. The summed E-state index contributed by atoms with van der Waals surface area (Å²) < 4.78 is 0. The van der Waals surface area contributed by atoms with Crippen molar-refractivity contribution in [3.63, 3.8) is 0 Å². The SMILES string of the molecule is C=CC(C)NCc1ccc(C(C)(C)C)s1. The molecule has 1 rings (SSSR count). The van der Waals surface area contributed by atoms with E-state index in [1.807, 2.05) is 17.4 Å². The Morgan fingerprint density at radius 2 is 2.13 bits per heavy atom. The molecule has 15 heavy (non-hydrogen) atoms. The summed E-state index contributed by atoms with van der Waals surface area (Å²) >= 11 is 1.90. The fourth-order valence-electron chi connectivity index (χ4n) is 1.22. The standard InChI is InChI=1S/C13H21NS/c1-6-10(2)14-9-11-7-8-12(15-11)13(3,4)5/h6-8,10,14H,1,9H2,2-5H3. The van der Waals surface area contributed by atoms with Crippen molar-refractivity contribution in [2.75, 3.05) is 0 Å². The van der Waals surface area contributed by atoms with Gasteiger partial charge in [0.15, 0.2) is 0 Å². The minimum absolute atomic E-state index is 0.271. The lowest BCUT2D eigenvalue weighted by Gasteiger charge is -2.15. The zero-order valence-electron chi connectivity index (χ0n) is 10.1. The minimum Gasteiger partial charge on any atom is -0.306 e. The number of hydrogen-bond donors (Lipinski definition) is 1. The number of nitrogens with one attached hydrogen (secondary N) is 1. The fourth-order valence-corrected chi connectivity index (χ4v) is 2.24. The highest BCUT2D eigenvalue weighted by Gasteiger charge is 2.15. The first kappa shape index (κ1) is 12.5. The molecule has 2 heteroatoms. The number of hydrogen-bond acceptors (Lipinski definition) is 2. The van der Waals surface area contributed by atoms with E-state index in [1.165, 1.54) is 9.75 Å². The molecule has 0 radical (unpaired) electrons. The van der Waals surface area contributed by atoms with Crippen LogP contribution in [0, 0.1) is 0 Å². The van der Waals surface area contributed by atoms with Gasteiger partial charge in [-0.25, -0.2) is 0 Å². The summed E-state index contributed by atoms with van der Waals surface area (Å²) in [4.78, 5) is 2.85. The summed E-state index contributed by atoms with van der Waals surface area (Å²) in [6, 6.07) is 4.83. The van der Waals surface area contributed by atoms with Crippen LogP contribution in [0.15, 0.2) is 24.8 Å². The maximum absolute atomic E-state index is 3.76. The quantitative estimate of drug-likeness (QED) is 0.767. The summed E-state index contributed by atoms with van der Waals surface area (Å²) in [5.74, 6) is 0. The molecule has 0 bridgehead atoms. The smallest absolute Gasteiger partial charge is 0.0305 e. The van der Waals surface area contributed by atoms with Gasteiger partial charge < -0.3 is 5.32 Å². The third kappa shape index (κ3) is 3.80. The van der Waals surface area contributed by atoms with Gasteiger partial charge >= 0.3 is 0 Å². The second-order valence-electron chi connectivity index (χ2n) is 4.92. The highest BCUT2D eigenvalue weighted by molar-refractivity contribution is 7.12. The van der Waals surface area contributed by atoms with Crippen molar-refractivity contribution in [3.05, 3.63) is 34.5 Å². The molecule has 1 unspecified atom stereocenters. The van der Waals surface area contributed by atoms with Gasteiger partial charge in [-0.1, -0.05) is 26.8 Å². The second kappa shape index (κ2) is 4.95. The summed E-state index contributed by atoms with van der Waals surface area (Å²) in [6.07, 6.45) is 1.93. The van der Waals surface area contributed by atoms with Crippen molar-refractivity contribution in [2.45, 2.75) is 45.7 Å². The highest BCUT2D eigenvalue weighted by atomic mass is 32.1. The predicted octanol–water partition coefficient (Wildman–Crippen LogP) is 3.71. The maximum atomic E-state index is 3.76. The molecule has 1 nitrogen and oxygen atoms in total. The molecule has 0 saturated carbocycles. The minimum atomic E-state index is 0.271. The molecule has 1 aromatic heterocycles. The van der Waals surface area contributed by atoms with Crippen molar-refractivity contribution in [1.29, 1.82) is 0 Å². The van der Waals surface area contributed by atoms with Crippen LogP contribution in [0.5, 0.6) is 0 Å². The van der Waals surface area contributed by atoms with Crippen LogP contribution in [0.2, 0.25) is 0 Å². The topological polar surface area (TPSA) is 12.0 Å². The zero-order valence-corrected chi connectivity index (χ0v) is 10.9. The molecule has 0 aliphatic heterocycles. The summed E-state index contributed by atoms with van der Waals surface area (Å²) in [5.41, 5.74) is 0.271. The molecule has 0 amide bonds. The van der Waals surface area contributed by atoms with E-state index in [2.05, 4.69) is 51.7 Å². The van der Waals surface area contributed by atoms with Gasteiger partial charge in [0.05, 0.1) is 0 Å². The Morgan fingerprint density at radius 3 is 2.60 bits per heavy atom. The van der Waals surface area contributed by atoms with Crippen LogP contribution < -0.4 is 5.32 Å². The molecular formula is C13H21NS. The Hall–Kier alpha value is -0.600. The van der Waals surface area contributed by atoms with Crippen molar-refractivity contribution in [1.82, 2.24) is 5.32 Å². The Bertz CT molecular complexity index is 320. The van der Waals surface area contributed by atoms with Gasteiger partial charge in [0.2, 0.25) is 0 Å². The molecule has 0 saturated heterocycles. The van der Waals surface area contributed by atoms with E-state index < -0.39 is 0 Å². The zero-order chi connectivity index (χ0) is 11.5. The van der Waals surface area contributed by atoms with Crippen LogP contribution in [-0.2, 0) is 12.0 Å². The van der Waals surface area contributed by atoms with Crippen LogP contribution in [0.25, 0.3) is 0 Å². The fraction of sp³-hybridized carbons (Fsp3) is 0.538. The Balaban J connectivity index is 2.57. The number of rotatable bonds is 4. The Kier molecular flexibility index (Phi) is 4.12. The molecule has 1 atom stereocenters. The first-order valence-corrected chi connectivity index (χ1v) is 6.20.